The molecule has 0 spiro atoms. The van der Waals surface area contributed by atoms with Gasteiger partial charge in [0.05, 0.1) is 16.8 Å². The Balaban J connectivity index is 2.28. The topological polar surface area (TPSA) is 49.3 Å². The van der Waals surface area contributed by atoms with Gasteiger partial charge >= 0.3 is 5.97 Å². The van der Waals surface area contributed by atoms with Crippen molar-refractivity contribution >= 4 is 34.6 Å². The second-order valence-electron chi connectivity index (χ2n) is 4.28. The van der Waals surface area contributed by atoms with Crippen molar-refractivity contribution in [2.24, 2.45) is 0 Å². The average Bonchev–Trinajstić information content (AvgIpc) is 2.75. The molecule has 0 aliphatic heterocycles. The molecule has 19 heavy (non-hydrogen) atoms. The molecule has 3 nitrogen and oxygen atoms in total. The van der Waals surface area contributed by atoms with Crippen LogP contribution < -0.4 is 5.32 Å². The summed E-state index contributed by atoms with van der Waals surface area (Å²) in [6.07, 6.45) is 0. The van der Waals surface area contributed by atoms with Crippen LogP contribution in [0.2, 0.25) is 5.02 Å². The van der Waals surface area contributed by atoms with Crippen molar-refractivity contribution in [3.8, 4) is 0 Å². The molecule has 1 aromatic carbocycles. The van der Waals surface area contributed by atoms with Gasteiger partial charge in [0.15, 0.2) is 0 Å². The molecule has 1 atom stereocenters. The molecular weight excluding hydrogens is 282 g/mol. The summed E-state index contributed by atoms with van der Waals surface area (Å²) in [5.41, 5.74) is 0.655. The van der Waals surface area contributed by atoms with Gasteiger partial charge in [0.1, 0.15) is 5.56 Å². The molecule has 0 saturated heterocycles. The summed E-state index contributed by atoms with van der Waals surface area (Å²) in [6.45, 7) is 4.04. The number of hydrogen-bond acceptors (Lipinski definition) is 3. The first kappa shape index (κ1) is 13.9. The molecular formula is C14H14ClNO2S. The number of benzene rings is 1. The van der Waals surface area contributed by atoms with E-state index in [1.165, 1.54) is 4.88 Å². The molecule has 0 bridgehead atoms. The van der Waals surface area contributed by atoms with Crippen LogP contribution in [0.15, 0.2) is 30.3 Å². The molecule has 0 saturated carbocycles. The monoisotopic (exact) mass is 295 g/mol. The molecule has 5 heteroatoms. The fourth-order valence-corrected chi connectivity index (χ4v) is 2.99. The van der Waals surface area contributed by atoms with Gasteiger partial charge in [-0.2, -0.15) is 0 Å². The lowest BCUT2D eigenvalue weighted by Gasteiger charge is -2.16. The van der Waals surface area contributed by atoms with Crippen molar-refractivity contribution < 1.29 is 9.90 Å². The smallest absolute Gasteiger partial charge is 0.339 e. The van der Waals surface area contributed by atoms with E-state index in [0.717, 1.165) is 4.88 Å². The number of halogens is 1. The van der Waals surface area contributed by atoms with Gasteiger partial charge in [-0.15, -0.1) is 11.3 Å². The highest BCUT2D eigenvalue weighted by atomic mass is 35.5. The number of aryl methyl sites for hydroxylation is 1. The Morgan fingerprint density at radius 3 is 2.68 bits per heavy atom. The van der Waals surface area contributed by atoms with Gasteiger partial charge in [0.25, 0.3) is 0 Å². The zero-order valence-corrected chi connectivity index (χ0v) is 12.2. The maximum atomic E-state index is 11.2. The molecule has 0 fully saturated rings. The number of rotatable bonds is 4. The summed E-state index contributed by atoms with van der Waals surface area (Å²) < 4.78 is 0. The van der Waals surface area contributed by atoms with Gasteiger partial charge in [0, 0.05) is 9.75 Å². The van der Waals surface area contributed by atoms with Crippen LogP contribution in [0.25, 0.3) is 0 Å². The van der Waals surface area contributed by atoms with E-state index in [1.54, 1.807) is 29.5 Å². The van der Waals surface area contributed by atoms with E-state index in [1.807, 2.05) is 26.0 Å². The first-order chi connectivity index (χ1) is 8.99. The van der Waals surface area contributed by atoms with Crippen molar-refractivity contribution in [2.45, 2.75) is 19.9 Å². The lowest BCUT2D eigenvalue weighted by molar-refractivity contribution is 0.0698. The number of carbonyl (C=O) groups is 1. The molecule has 1 heterocycles. The van der Waals surface area contributed by atoms with Crippen LogP contribution in [0.3, 0.4) is 0 Å². The van der Waals surface area contributed by atoms with Crippen molar-refractivity contribution in [1.82, 2.24) is 0 Å². The summed E-state index contributed by atoms with van der Waals surface area (Å²) in [4.78, 5) is 13.6. The lowest BCUT2D eigenvalue weighted by atomic mass is 10.1. The fourth-order valence-electron chi connectivity index (χ4n) is 1.85. The third kappa shape index (κ3) is 3.08. The van der Waals surface area contributed by atoms with Crippen LogP contribution in [0.5, 0.6) is 0 Å². The highest BCUT2D eigenvalue weighted by Crippen LogP contribution is 2.30. The van der Waals surface area contributed by atoms with E-state index in [-0.39, 0.29) is 16.6 Å². The van der Waals surface area contributed by atoms with Gasteiger partial charge in [0.2, 0.25) is 0 Å². The normalized spacial score (nSPS) is 12.2. The highest BCUT2D eigenvalue weighted by Gasteiger charge is 2.16. The number of thiophene rings is 1. The first-order valence-electron chi connectivity index (χ1n) is 5.83. The molecule has 0 amide bonds. The maximum Gasteiger partial charge on any atom is 0.339 e. The number of hydrogen-bond donors (Lipinski definition) is 2. The number of aromatic carboxylic acids is 1. The Kier molecular flexibility index (Phi) is 4.12. The minimum atomic E-state index is -1.03. The Hall–Kier alpha value is -1.52. The molecule has 2 aromatic rings. The maximum absolute atomic E-state index is 11.2. The minimum absolute atomic E-state index is 0.0373. The molecule has 2 N–H and O–H groups in total. The van der Waals surface area contributed by atoms with Gasteiger partial charge in [-0.3, -0.25) is 0 Å². The van der Waals surface area contributed by atoms with Crippen molar-refractivity contribution in [1.29, 1.82) is 0 Å². The van der Waals surface area contributed by atoms with Crippen molar-refractivity contribution in [3.63, 3.8) is 0 Å². The van der Waals surface area contributed by atoms with E-state index in [0.29, 0.717) is 5.69 Å². The van der Waals surface area contributed by atoms with Gasteiger partial charge in [-0.1, -0.05) is 17.7 Å². The van der Waals surface area contributed by atoms with E-state index in [2.05, 4.69) is 5.32 Å². The summed E-state index contributed by atoms with van der Waals surface area (Å²) >= 11 is 7.63. The van der Waals surface area contributed by atoms with Crippen molar-refractivity contribution in [2.75, 3.05) is 5.32 Å². The van der Waals surface area contributed by atoms with Gasteiger partial charge in [-0.05, 0) is 38.1 Å². The standard InChI is InChI=1S/C14H14ClNO2S/c1-8-6-7-12(19-8)9(2)16-11-5-3-4-10(15)13(11)14(17)18/h3-7,9,16H,1-2H3,(H,17,18). The lowest BCUT2D eigenvalue weighted by Crippen LogP contribution is -2.10. The van der Waals surface area contributed by atoms with Crippen LogP contribution in [0, 0.1) is 6.92 Å². The van der Waals surface area contributed by atoms with Gasteiger partial charge < -0.3 is 10.4 Å². The van der Waals surface area contributed by atoms with E-state index < -0.39 is 5.97 Å². The molecule has 0 aliphatic carbocycles. The van der Waals surface area contributed by atoms with Crippen molar-refractivity contribution in [3.05, 3.63) is 50.7 Å². The number of carboxylic acids is 1. The summed E-state index contributed by atoms with van der Waals surface area (Å²) in [7, 11) is 0. The van der Waals surface area contributed by atoms with E-state index >= 15 is 0 Å². The summed E-state index contributed by atoms with van der Waals surface area (Å²) in [6, 6.07) is 9.18. The number of nitrogens with one attached hydrogen (secondary N) is 1. The van der Waals surface area contributed by atoms with E-state index in [4.69, 9.17) is 11.6 Å². The summed E-state index contributed by atoms with van der Waals surface area (Å²) in [5, 5.41) is 12.7. The van der Waals surface area contributed by atoms with E-state index in [9.17, 15) is 9.90 Å². The zero-order valence-electron chi connectivity index (χ0n) is 10.6. The molecule has 100 valence electrons. The third-order valence-corrected chi connectivity index (χ3v) is 4.29. The Labute approximate surface area is 120 Å². The average molecular weight is 296 g/mol. The second kappa shape index (κ2) is 5.63. The largest absolute Gasteiger partial charge is 0.478 e. The van der Waals surface area contributed by atoms with Crippen LogP contribution in [0.4, 0.5) is 5.69 Å². The number of anilines is 1. The first-order valence-corrected chi connectivity index (χ1v) is 7.03. The van der Waals surface area contributed by atoms with Crippen LogP contribution in [0.1, 0.15) is 33.1 Å². The predicted molar refractivity (Wildman–Crippen MR) is 79.5 cm³/mol. The predicted octanol–water partition coefficient (Wildman–Crippen LogP) is 4.58. The second-order valence-corrected chi connectivity index (χ2v) is 6.01. The Bertz CT molecular complexity index is 609. The Morgan fingerprint density at radius 1 is 1.37 bits per heavy atom. The fraction of sp³-hybridized carbons (Fsp3) is 0.214. The number of carboxylic acid groups (broad SMARTS) is 1. The molecule has 0 aliphatic rings. The highest BCUT2D eigenvalue weighted by molar-refractivity contribution is 7.12. The van der Waals surface area contributed by atoms with Gasteiger partial charge in [-0.25, -0.2) is 4.79 Å². The zero-order chi connectivity index (χ0) is 14.0. The van der Waals surface area contributed by atoms with Crippen LogP contribution in [-0.2, 0) is 0 Å². The SMILES string of the molecule is Cc1ccc(C(C)Nc2cccc(Cl)c2C(=O)O)s1. The molecule has 1 aromatic heterocycles. The Morgan fingerprint density at radius 2 is 2.11 bits per heavy atom. The van der Waals surface area contributed by atoms with Crippen LogP contribution in [-0.4, -0.2) is 11.1 Å². The minimum Gasteiger partial charge on any atom is -0.478 e. The third-order valence-electron chi connectivity index (χ3n) is 2.79. The quantitative estimate of drug-likeness (QED) is 0.868. The molecule has 2 rings (SSSR count). The molecule has 1 unspecified atom stereocenters. The van der Waals surface area contributed by atoms with Crippen LogP contribution >= 0.6 is 22.9 Å². The summed E-state index contributed by atoms with van der Waals surface area (Å²) in [5.74, 6) is -1.03. The molecule has 0 radical (unpaired) electrons.